The van der Waals surface area contributed by atoms with Crippen molar-refractivity contribution in [3.63, 3.8) is 0 Å². The number of carbonyl (C=O) groups excluding carboxylic acids is 1. The number of primary amides is 1. The molecule has 0 saturated heterocycles. The predicted octanol–water partition coefficient (Wildman–Crippen LogP) is 3.46. The summed E-state index contributed by atoms with van der Waals surface area (Å²) in [6.45, 7) is 0.514. The Morgan fingerprint density at radius 2 is 2.13 bits per heavy atom. The van der Waals surface area contributed by atoms with E-state index in [1.54, 1.807) is 37.3 Å². The van der Waals surface area contributed by atoms with Crippen molar-refractivity contribution in [2.75, 3.05) is 14.2 Å². The minimum atomic E-state index is -0.322. The Bertz CT molecular complexity index is 1040. The Balaban J connectivity index is 1.50. The van der Waals surface area contributed by atoms with Crippen LogP contribution in [0.5, 0.6) is 11.5 Å². The summed E-state index contributed by atoms with van der Waals surface area (Å²) in [5.41, 5.74) is 7.19. The van der Waals surface area contributed by atoms with Crippen molar-refractivity contribution in [3.8, 4) is 22.1 Å². The summed E-state index contributed by atoms with van der Waals surface area (Å²) in [6.07, 6.45) is 2.52. The molecule has 3 aromatic rings. The summed E-state index contributed by atoms with van der Waals surface area (Å²) >= 11 is 3.13. The van der Waals surface area contributed by atoms with Crippen LogP contribution in [-0.4, -0.2) is 39.9 Å². The van der Waals surface area contributed by atoms with Crippen LogP contribution in [0.4, 0.5) is 0 Å². The third kappa shape index (κ3) is 4.44. The number of hydrogen-bond acceptors (Lipinski definition) is 8. The molecule has 0 atom stereocenters. The van der Waals surface area contributed by atoms with E-state index in [0.717, 1.165) is 40.1 Å². The molecule has 0 unspecified atom stereocenters. The maximum absolute atomic E-state index is 11.3. The highest BCUT2D eigenvalue weighted by Gasteiger charge is 2.30. The monoisotopic (exact) mass is 445 g/mol. The third-order valence-corrected chi connectivity index (χ3v) is 6.73. The number of benzene rings is 1. The summed E-state index contributed by atoms with van der Waals surface area (Å²) in [4.78, 5) is 16.0. The summed E-state index contributed by atoms with van der Waals surface area (Å²) < 4.78 is 13.0. The highest BCUT2D eigenvalue weighted by molar-refractivity contribution is 7.98. The van der Waals surface area contributed by atoms with Gasteiger partial charge in [0, 0.05) is 30.0 Å². The number of methoxy groups -OCH3 is 2. The summed E-state index contributed by atoms with van der Waals surface area (Å²) in [5.74, 6) is 3.09. The van der Waals surface area contributed by atoms with E-state index in [1.165, 1.54) is 0 Å². The zero-order valence-electron chi connectivity index (χ0n) is 16.8. The van der Waals surface area contributed by atoms with Gasteiger partial charge in [0.25, 0.3) is 0 Å². The summed E-state index contributed by atoms with van der Waals surface area (Å²) in [7, 11) is 3.25. The van der Waals surface area contributed by atoms with Gasteiger partial charge in [0.05, 0.1) is 25.5 Å². The lowest BCUT2D eigenvalue weighted by atomic mass is 10.2. The Morgan fingerprint density at radius 3 is 2.83 bits per heavy atom. The number of amides is 1. The quantitative estimate of drug-likeness (QED) is 0.476. The molecule has 158 valence electrons. The highest BCUT2D eigenvalue weighted by Crippen LogP contribution is 2.41. The van der Waals surface area contributed by atoms with Crippen LogP contribution in [0.1, 0.15) is 36.7 Å². The van der Waals surface area contributed by atoms with Crippen LogP contribution in [0.15, 0.2) is 28.7 Å². The normalized spacial score (nSPS) is 13.4. The summed E-state index contributed by atoms with van der Waals surface area (Å²) in [6, 6.07) is 5.76. The lowest BCUT2D eigenvalue weighted by Crippen LogP contribution is -2.15. The molecule has 1 aliphatic carbocycles. The van der Waals surface area contributed by atoms with Crippen molar-refractivity contribution < 1.29 is 14.3 Å². The van der Waals surface area contributed by atoms with Crippen LogP contribution >= 0.6 is 23.1 Å². The second kappa shape index (κ2) is 9.05. The Morgan fingerprint density at radius 1 is 1.30 bits per heavy atom. The second-order valence-corrected chi connectivity index (χ2v) is 8.76. The van der Waals surface area contributed by atoms with E-state index in [2.05, 4.69) is 10.2 Å². The number of ether oxygens (including phenoxy) is 2. The Labute approximate surface area is 182 Å². The molecule has 0 bridgehead atoms. The number of aromatic nitrogens is 4. The zero-order valence-corrected chi connectivity index (χ0v) is 18.5. The molecule has 2 heterocycles. The number of thiazole rings is 1. The topological polar surface area (TPSA) is 105 Å². The molecule has 1 aliphatic rings. The first-order valence-electron chi connectivity index (χ1n) is 9.60. The van der Waals surface area contributed by atoms with Gasteiger partial charge in [0.2, 0.25) is 5.91 Å². The van der Waals surface area contributed by atoms with Crippen molar-refractivity contribution >= 4 is 29.0 Å². The van der Waals surface area contributed by atoms with Gasteiger partial charge in [-0.05, 0) is 25.0 Å². The number of thioether (sulfide) groups is 1. The smallest absolute Gasteiger partial charge is 0.219 e. The first-order chi connectivity index (χ1) is 14.6. The SMILES string of the molecule is COc1cccc(-c2nc(CSc3nnc(C4CC4)n3CCC(N)=O)cs2)c1OC. The number of para-hydroxylation sites is 1. The zero-order chi connectivity index (χ0) is 21.1. The average molecular weight is 446 g/mol. The molecule has 30 heavy (non-hydrogen) atoms. The van der Waals surface area contributed by atoms with Gasteiger partial charge in [-0.3, -0.25) is 4.79 Å². The van der Waals surface area contributed by atoms with Crippen molar-refractivity contribution in [1.82, 2.24) is 19.7 Å². The van der Waals surface area contributed by atoms with Crippen molar-refractivity contribution in [2.45, 2.75) is 42.6 Å². The molecule has 4 rings (SSSR count). The lowest BCUT2D eigenvalue weighted by molar-refractivity contribution is -0.118. The molecule has 1 fully saturated rings. The van der Waals surface area contributed by atoms with Gasteiger partial charge in [0.15, 0.2) is 16.7 Å². The average Bonchev–Trinajstić information content (AvgIpc) is 3.34. The van der Waals surface area contributed by atoms with Crippen LogP contribution in [0.3, 0.4) is 0 Å². The summed E-state index contributed by atoms with van der Waals surface area (Å²) in [5, 5.41) is 12.4. The molecule has 1 amide bonds. The Kier molecular flexibility index (Phi) is 6.24. The fourth-order valence-corrected chi connectivity index (χ4v) is 4.98. The van der Waals surface area contributed by atoms with Crippen LogP contribution in [0, 0.1) is 0 Å². The molecule has 2 aromatic heterocycles. The molecule has 8 nitrogen and oxygen atoms in total. The third-order valence-electron chi connectivity index (χ3n) is 4.80. The van der Waals surface area contributed by atoms with E-state index >= 15 is 0 Å². The van der Waals surface area contributed by atoms with Gasteiger partial charge in [-0.25, -0.2) is 4.98 Å². The molecular weight excluding hydrogens is 422 g/mol. The maximum atomic E-state index is 11.3. The molecule has 0 spiro atoms. The number of nitrogens with zero attached hydrogens (tertiary/aromatic N) is 4. The second-order valence-electron chi connectivity index (χ2n) is 6.96. The fraction of sp³-hybridized carbons (Fsp3) is 0.400. The number of carbonyl (C=O) groups is 1. The van der Waals surface area contributed by atoms with E-state index in [0.29, 0.717) is 29.7 Å². The first kappa shape index (κ1) is 20.7. The fourth-order valence-electron chi connectivity index (χ4n) is 3.17. The van der Waals surface area contributed by atoms with E-state index < -0.39 is 0 Å². The standard InChI is InChI=1S/C20H23N5O3S2/c1-27-15-5-3-4-14(17(15)28-2)19-22-13(10-29-19)11-30-20-24-23-18(12-6-7-12)25(20)9-8-16(21)26/h3-5,10,12H,6-9,11H2,1-2H3,(H2,21,26). The van der Waals surface area contributed by atoms with Gasteiger partial charge in [-0.2, -0.15) is 0 Å². The number of rotatable bonds is 10. The van der Waals surface area contributed by atoms with Crippen LogP contribution in [-0.2, 0) is 17.1 Å². The molecule has 2 N–H and O–H groups in total. The van der Waals surface area contributed by atoms with Gasteiger partial charge in [0.1, 0.15) is 10.8 Å². The van der Waals surface area contributed by atoms with Crippen molar-refractivity contribution in [1.29, 1.82) is 0 Å². The first-order valence-corrected chi connectivity index (χ1v) is 11.5. The molecule has 0 aliphatic heterocycles. The highest BCUT2D eigenvalue weighted by atomic mass is 32.2. The van der Waals surface area contributed by atoms with E-state index in [1.807, 2.05) is 28.1 Å². The lowest BCUT2D eigenvalue weighted by Gasteiger charge is -2.10. The molecule has 1 saturated carbocycles. The van der Waals surface area contributed by atoms with Crippen LogP contribution in [0.2, 0.25) is 0 Å². The van der Waals surface area contributed by atoms with Gasteiger partial charge in [-0.15, -0.1) is 21.5 Å². The van der Waals surface area contributed by atoms with Gasteiger partial charge >= 0.3 is 0 Å². The van der Waals surface area contributed by atoms with Crippen LogP contribution < -0.4 is 15.2 Å². The predicted molar refractivity (Wildman–Crippen MR) is 116 cm³/mol. The molecule has 0 radical (unpaired) electrons. The van der Waals surface area contributed by atoms with E-state index in [-0.39, 0.29) is 12.3 Å². The Hall–Kier alpha value is -2.59. The maximum Gasteiger partial charge on any atom is 0.219 e. The minimum absolute atomic E-state index is 0.280. The minimum Gasteiger partial charge on any atom is -0.493 e. The van der Waals surface area contributed by atoms with Gasteiger partial charge < -0.3 is 19.8 Å². The van der Waals surface area contributed by atoms with E-state index in [9.17, 15) is 4.79 Å². The van der Waals surface area contributed by atoms with Crippen LogP contribution in [0.25, 0.3) is 10.6 Å². The van der Waals surface area contributed by atoms with Gasteiger partial charge in [-0.1, -0.05) is 17.8 Å². The molecule has 1 aromatic carbocycles. The number of hydrogen-bond donors (Lipinski definition) is 1. The largest absolute Gasteiger partial charge is 0.493 e. The number of nitrogens with two attached hydrogens (primary N) is 1. The molecule has 10 heteroatoms. The van der Waals surface area contributed by atoms with E-state index in [4.69, 9.17) is 20.2 Å². The van der Waals surface area contributed by atoms with Crippen molar-refractivity contribution in [3.05, 3.63) is 35.1 Å². The van der Waals surface area contributed by atoms with Crippen molar-refractivity contribution in [2.24, 2.45) is 5.73 Å². The molecular formula is C20H23N5O3S2.